The highest BCUT2D eigenvalue weighted by Gasteiger charge is 2.12. The van der Waals surface area contributed by atoms with E-state index in [1.54, 1.807) is 0 Å². The van der Waals surface area contributed by atoms with Crippen molar-refractivity contribution >= 4 is 23.1 Å². The summed E-state index contributed by atoms with van der Waals surface area (Å²) < 4.78 is 7.10. The van der Waals surface area contributed by atoms with Crippen LogP contribution in [0.2, 0.25) is 0 Å². The lowest BCUT2D eigenvalue weighted by Gasteiger charge is -2.02. The Morgan fingerprint density at radius 1 is 1.38 bits per heavy atom. The van der Waals surface area contributed by atoms with Gasteiger partial charge in [0.2, 0.25) is 5.95 Å². The van der Waals surface area contributed by atoms with Crippen molar-refractivity contribution < 1.29 is 14.6 Å². The summed E-state index contributed by atoms with van der Waals surface area (Å²) in [7, 11) is 2.91. The number of H-pyrrole nitrogens is 1. The van der Waals surface area contributed by atoms with E-state index in [1.807, 2.05) is 0 Å². The van der Waals surface area contributed by atoms with Gasteiger partial charge in [-0.15, -0.1) is 0 Å². The zero-order valence-corrected chi connectivity index (χ0v) is 11.5. The lowest BCUT2D eigenvalue weighted by atomic mass is 10.5. The topological polar surface area (TPSA) is 131 Å². The average molecular weight is 297 g/mol. The average Bonchev–Trinajstić information content (AvgIpc) is 2.86. The molecule has 0 aliphatic carbocycles. The van der Waals surface area contributed by atoms with Gasteiger partial charge in [0, 0.05) is 20.6 Å². The molecule has 0 aliphatic rings. The molecule has 2 rings (SSSR count). The fourth-order valence-electron chi connectivity index (χ4n) is 1.81. The van der Waals surface area contributed by atoms with Crippen LogP contribution in [0.4, 0.5) is 5.95 Å². The SMILES string of the molecule is Cn1c(=O)c2[nH]c(NCCOCC(=O)O)nc2n(C)c1=O. The number of carbonyl (C=O) groups is 1. The molecule has 0 fully saturated rings. The number of aliphatic carboxylic acids is 1. The second-order valence-electron chi connectivity index (χ2n) is 4.36. The molecule has 0 saturated heterocycles. The maximum atomic E-state index is 11.9. The maximum Gasteiger partial charge on any atom is 0.332 e. The molecule has 0 aromatic carbocycles. The molecule has 0 bridgehead atoms. The Labute approximate surface area is 118 Å². The zero-order valence-electron chi connectivity index (χ0n) is 11.5. The molecule has 0 radical (unpaired) electrons. The van der Waals surface area contributed by atoms with Gasteiger partial charge < -0.3 is 20.1 Å². The summed E-state index contributed by atoms with van der Waals surface area (Å²) in [5.74, 6) is -0.737. The summed E-state index contributed by atoms with van der Waals surface area (Å²) in [6.07, 6.45) is 0. The number of anilines is 1. The summed E-state index contributed by atoms with van der Waals surface area (Å²) >= 11 is 0. The third-order valence-electron chi connectivity index (χ3n) is 2.86. The Bertz CT molecular complexity index is 787. The maximum absolute atomic E-state index is 11.9. The number of aromatic nitrogens is 4. The highest BCUT2D eigenvalue weighted by Crippen LogP contribution is 2.07. The molecule has 0 unspecified atom stereocenters. The van der Waals surface area contributed by atoms with Gasteiger partial charge in [-0.1, -0.05) is 0 Å². The molecule has 114 valence electrons. The van der Waals surface area contributed by atoms with Crippen LogP contribution >= 0.6 is 0 Å². The van der Waals surface area contributed by atoms with Crippen LogP contribution in [0.15, 0.2) is 9.59 Å². The Morgan fingerprint density at radius 3 is 2.76 bits per heavy atom. The molecule has 3 N–H and O–H groups in total. The largest absolute Gasteiger partial charge is 0.480 e. The van der Waals surface area contributed by atoms with Gasteiger partial charge in [-0.05, 0) is 0 Å². The van der Waals surface area contributed by atoms with Crippen LogP contribution in [0.3, 0.4) is 0 Å². The van der Waals surface area contributed by atoms with Crippen molar-refractivity contribution in [2.75, 3.05) is 25.1 Å². The molecule has 0 atom stereocenters. The molecule has 10 heteroatoms. The van der Waals surface area contributed by atoms with E-state index in [4.69, 9.17) is 9.84 Å². The Balaban J connectivity index is 2.15. The Morgan fingerprint density at radius 2 is 2.10 bits per heavy atom. The summed E-state index contributed by atoms with van der Waals surface area (Å²) in [5, 5.41) is 11.3. The van der Waals surface area contributed by atoms with Gasteiger partial charge in [-0.25, -0.2) is 9.59 Å². The second-order valence-corrected chi connectivity index (χ2v) is 4.36. The fraction of sp³-hybridized carbons (Fsp3) is 0.455. The predicted molar refractivity (Wildman–Crippen MR) is 73.5 cm³/mol. The smallest absolute Gasteiger partial charge is 0.332 e. The Kier molecular flexibility index (Phi) is 4.08. The van der Waals surface area contributed by atoms with Crippen molar-refractivity contribution in [1.29, 1.82) is 0 Å². The van der Waals surface area contributed by atoms with Gasteiger partial charge in [-0.2, -0.15) is 4.98 Å². The van der Waals surface area contributed by atoms with Gasteiger partial charge in [0.25, 0.3) is 5.56 Å². The number of fused-ring (bicyclic) bond motifs is 1. The lowest BCUT2D eigenvalue weighted by molar-refractivity contribution is -0.142. The molecule has 0 spiro atoms. The molecular weight excluding hydrogens is 282 g/mol. The lowest BCUT2D eigenvalue weighted by Crippen LogP contribution is -2.36. The fourth-order valence-corrected chi connectivity index (χ4v) is 1.81. The summed E-state index contributed by atoms with van der Waals surface area (Å²) in [6.45, 7) is 0.0957. The summed E-state index contributed by atoms with van der Waals surface area (Å²) in [5.41, 5.74) is -0.461. The van der Waals surface area contributed by atoms with E-state index >= 15 is 0 Å². The number of aryl methyl sites for hydroxylation is 1. The first kappa shape index (κ1) is 14.8. The van der Waals surface area contributed by atoms with Gasteiger partial charge in [-0.3, -0.25) is 13.9 Å². The van der Waals surface area contributed by atoms with Crippen molar-refractivity contribution in [3.63, 3.8) is 0 Å². The van der Waals surface area contributed by atoms with Crippen LogP contribution in [-0.2, 0) is 23.6 Å². The van der Waals surface area contributed by atoms with Crippen molar-refractivity contribution in [2.45, 2.75) is 0 Å². The van der Waals surface area contributed by atoms with Crippen LogP contribution in [0.25, 0.3) is 11.2 Å². The number of nitrogens with one attached hydrogen (secondary N) is 2. The van der Waals surface area contributed by atoms with Crippen LogP contribution in [0.5, 0.6) is 0 Å². The molecule has 10 nitrogen and oxygen atoms in total. The van der Waals surface area contributed by atoms with E-state index in [1.165, 1.54) is 18.7 Å². The van der Waals surface area contributed by atoms with E-state index in [9.17, 15) is 14.4 Å². The third kappa shape index (κ3) is 2.94. The minimum Gasteiger partial charge on any atom is -0.480 e. The third-order valence-corrected chi connectivity index (χ3v) is 2.86. The molecule has 21 heavy (non-hydrogen) atoms. The molecular formula is C11H15N5O5. The van der Waals surface area contributed by atoms with Gasteiger partial charge in [0.05, 0.1) is 6.61 Å². The van der Waals surface area contributed by atoms with Gasteiger partial charge in [0.15, 0.2) is 11.2 Å². The number of aromatic amines is 1. The molecule has 0 saturated carbocycles. The van der Waals surface area contributed by atoms with Gasteiger partial charge >= 0.3 is 11.7 Å². The number of nitrogens with zero attached hydrogens (tertiary/aromatic N) is 3. The van der Waals surface area contributed by atoms with Crippen molar-refractivity contribution in [3.05, 3.63) is 20.8 Å². The Hall–Kier alpha value is -2.62. The van der Waals surface area contributed by atoms with Crippen LogP contribution in [-0.4, -0.2) is 49.9 Å². The van der Waals surface area contributed by atoms with Crippen molar-refractivity contribution in [1.82, 2.24) is 19.1 Å². The quantitative estimate of drug-likeness (QED) is 0.551. The number of carboxylic acids is 1. The van der Waals surface area contributed by atoms with Crippen LogP contribution < -0.4 is 16.6 Å². The number of carboxylic acid groups (broad SMARTS) is 1. The highest BCUT2D eigenvalue weighted by atomic mass is 16.5. The van der Waals surface area contributed by atoms with Gasteiger partial charge in [0.1, 0.15) is 6.61 Å². The van der Waals surface area contributed by atoms with E-state index < -0.39 is 17.2 Å². The predicted octanol–water partition coefficient (Wildman–Crippen LogP) is -1.53. The van der Waals surface area contributed by atoms with E-state index in [2.05, 4.69) is 15.3 Å². The second kappa shape index (κ2) is 5.79. The zero-order chi connectivity index (χ0) is 15.6. The normalized spacial score (nSPS) is 11.0. The number of rotatable bonds is 6. The van der Waals surface area contributed by atoms with E-state index in [0.717, 1.165) is 4.57 Å². The number of hydrogen-bond acceptors (Lipinski definition) is 6. The summed E-state index contributed by atoms with van der Waals surface area (Å²) in [4.78, 5) is 40.8. The van der Waals surface area contributed by atoms with E-state index in [0.29, 0.717) is 12.5 Å². The molecule has 2 aromatic rings. The standard InChI is InChI=1S/C11H15N5O5/c1-15-8-7(9(19)16(2)11(15)20)13-10(14-8)12-3-4-21-5-6(17)18/h3-5H2,1-2H3,(H,17,18)(H2,12,13,14). The van der Waals surface area contributed by atoms with Crippen LogP contribution in [0.1, 0.15) is 0 Å². The first-order chi connectivity index (χ1) is 9.91. The molecule has 2 aromatic heterocycles. The number of imidazole rings is 1. The number of hydrogen-bond donors (Lipinski definition) is 3. The van der Waals surface area contributed by atoms with Crippen LogP contribution in [0, 0.1) is 0 Å². The molecule has 0 aliphatic heterocycles. The monoisotopic (exact) mass is 297 g/mol. The number of ether oxygens (including phenoxy) is 1. The molecule has 0 amide bonds. The molecule has 2 heterocycles. The minimum atomic E-state index is -1.04. The first-order valence-electron chi connectivity index (χ1n) is 6.11. The minimum absolute atomic E-state index is 0.167. The van der Waals surface area contributed by atoms with Crippen molar-refractivity contribution in [2.24, 2.45) is 14.1 Å². The first-order valence-corrected chi connectivity index (χ1v) is 6.11. The van der Waals surface area contributed by atoms with Crippen molar-refractivity contribution in [3.8, 4) is 0 Å². The summed E-state index contributed by atoms with van der Waals surface area (Å²) in [6, 6.07) is 0. The highest BCUT2D eigenvalue weighted by molar-refractivity contribution is 5.72. The van der Waals surface area contributed by atoms with E-state index in [-0.39, 0.29) is 24.4 Å².